The third-order valence-electron chi connectivity index (χ3n) is 2.96. The van der Waals surface area contributed by atoms with Crippen LogP contribution in [0.5, 0.6) is 0 Å². The Hall–Kier alpha value is -1.08. The summed E-state index contributed by atoms with van der Waals surface area (Å²) in [5.74, 6) is 1.07. The number of thioether (sulfide) groups is 1. The molecule has 0 saturated carbocycles. The summed E-state index contributed by atoms with van der Waals surface area (Å²) in [6, 6.07) is 6.50. The van der Waals surface area contributed by atoms with Crippen molar-refractivity contribution >= 4 is 29.1 Å². The number of aromatic nitrogens is 2. The number of rotatable bonds is 7. The van der Waals surface area contributed by atoms with Gasteiger partial charge in [0.2, 0.25) is 5.89 Å². The maximum Gasteiger partial charge on any atom is 0.277 e. The summed E-state index contributed by atoms with van der Waals surface area (Å²) in [7, 11) is 0. The molecule has 0 radical (unpaired) electrons. The molecular formula is C15H18Cl2N3O2S-. The summed E-state index contributed by atoms with van der Waals surface area (Å²) in [6.45, 7) is 4.16. The number of ketones is 1. The smallest absolute Gasteiger partial charge is 0.277 e. The lowest BCUT2D eigenvalue weighted by molar-refractivity contribution is -0.0000130. The molecule has 0 aliphatic rings. The summed E-state index contributed by atoms with van der Waals surface area (Å²) in [6.07, 6.45) is 0.774. The van der Waals surface area contributed by atoms with Crippen LogP contribution in [0.1, 0.15) is 42.6 Å². The van der Waals surface area contributed by atoms with Gasteiger partial charge in [-0.25, -0.2) is 0 Å². The number of nitrogens with zero attached hydrogens (tertiary/aromatic N) is 2. The van der Waals surface area contributed by atoms with E-state index in [1.165, 1.54) is 11.8 Å². The van der Waals surface area contributed by atoms with Crippen LogP contribution in [0, 0.1) is 5.92 Å². The summed E-state index contributed by atoms with van der Waals surface area (Å²) in [5.41, 5.74) is 6.59. The Morgan fingerprint density at radius 3 is 2.57 bits per heavy atom. The van der Waals surface area contributed by atoms with E-state index < -0.39 is 0 Å². The van der Waals surface area contributed by atoms with E-state index in [2.05, 4.69) is 24.0 Å². The van der Waals surface area contributed by atoms with Gasteiger partial charge in [-0.2, -0.15) is 0 Å². The molecule has 1 aromatic heterocycles. The zero-order valence-electron chi connectivity index (χ0n) is 12.8. The van der Waals surface area contributed by atoms with Gasteiger partial charge in [-0.05, 0) is 36.6 Å². The lowest BCUT2D eigenvalue weighted by atomic mass is 10.1. The van der Waals surface area contributed by atoms with Gasteiger partial charge in [-0.1, -0.05) is 37.2 Å². The van der Waals surface area contributed by atoms with E-state index in [9.17, 15) is 4.79 Å². The first-order chi connectivity index (χ1) is 10.5. The first-order valence-corrected chi connectivity index (χ1v) is 8.32. The van der Waals surface area contributed by atoms with Crippen molar-refractivity contribution in [1.29, 1.82) is 0 Å². The van der Waals surface area contributed by atoms with E-state index in [1.54, 1.807) is 24.3 Å². The molecule has 5 nitrogen and oxygen atoms in total. The number of Topliss-reactive ketones (excluding diaryl/α,β-unsaturated/α-hetero) is 1. The molecule has 0 bridgehead atoms. The van der Waals surface area contributed by atoms with Crippen LogP contribution in [-0.4, -0.2) is 21.7 Å². The van der Waals surface area contributed by atoms with Crippen LogP contribution in [0.4, 0.5) is 0 Å². The third kappa shape index (κ3) is 6.14. The number of halogens is 2. The van der Waals surface area contributed by atoms with Crippen molar-refractivity contribution in [3.8, 4) is 0 Å². The fourth-order valence-corrected chi connectivity index (χ4v) is 2.67. The van der Waals surface area contributed by atoms with Crippen LogP contribution in [0.15, 0.2) is 33.9 Å². The zero-order valence-corrected chi connectivity index (χ0v) is 15.2. The molecule has 23 heavy (non-hydrogen) atoms. The molecule has 0 aliphatic carbocycles. The first-order valence-electron chi connectivity index (χ1n) is 6.96. The molecule has 0 aliphatic heterocycles. The second-order valence-corrected chi connectivity index (χ2v) is 6.72. The average molecular weight is 375 g/mol. The van der Waals surface area contributed by atoms with Crippen LogP contribution in [0.25, 0.3) is 0 Å². The second kappa shape index (κ2) is 9.27. The summed E-state index contributed by atoms with van der Waals surface area (Å²) in [5, 5.41) is 8.82. The molecular weight excluding hydrogens is 357 g/mol. The first kappa shape index (κ1) is 20.0. The maximum atomic E-state index is 12.0. The van der Waals surface area contributed by atoms with Crippen LogP contribution in [0.3, 0.4) is 0 Å². The quantitative estimate of drug-likeness (QED) is 0.568. The lowest BCUT2D eigenvalue weighted by Gasteiger charge is -2.08. The van der Waals surface area contributed by atoms with Crippen molar-refractivity contribution in [2.24, 2.45) is 11.7 Å². The average Bonchev–Trinajstić information content (AvgIpc) is 2.94. The minimum atomic E-state index is -0.270. The standard InChI is InChI=1S/C15H18ClN3O2S.ClH/c1-9(2)7-12(17)14-18-19-15(21-14)22-8-13(20)10-3-5-11(16)6-4-10;/h3-6,9,12H,7-8,17H2,1-2H3;1H/p-1/t12-;/m0./s1. The van der Waals surface area contributed by atoms with E-state index in [0.717, 1.165) is 6.42 Å². The number of hydrogen-bond donors (Lipinski definition) is 1. The molecule has 2 rings (SSSR count). The summed E-state index contributed by atoms with van der Waals surface area (Å²) >= 11 is 7.00. The highest BCUT2D eigenvalue weighted by molar-refractivity contribution is 7.99. The molecule has 0 fully saturated rings. The predicted octanol–water partition coefficient (Wildman–Crippen LogP) is 0.748. The van der Waals surface area contributed by atoms with E-state index in [0.29, 0.717) is 27.6 Å². The molecule has 8 heteroatoms. The Labute approximate surface area is 150 Å². The molecule has 0 spiro atoms. The monoisotopic (exact) mass is 374 g/mol. The van der Waals surface area contributed by atoms with Crippen LogP contribution >= 0.6 is 23.4 Å². The van der Waals surface area contributed by atoms with E-state index in [4.69, 9.17) is 21.8 Å². The third-order valence-corrected chi connectivity index (χ3v) is 4.03. The van der Waals surface area contributed by atoms with E-state index >= 15 is 0 Å². The van der Waals surface area contributed by atoms with Gasteiger partial charge in [0.15, 0.2) is 5.78 Å². The summed E-state index contributed by atoms with van der Waals surface area (Å²) < 4.78 is 5.49. The zero-order chi connectivity index (χ0) is 16.1. The van der Waals surface area contributed by atoms with Gasteiger partial charge in [0.1, 0.15) is 0 Å². The summed E-state index contributed by atoms with van der Waals surface area (Å²) in [4.78, 5) is 12.0. The molecule has 2 aromatic rings. The van der Waals surface area contributed by atoms with Crippen LogP contribution < -0.4 is 18.1 Å². The fourth-order valence-electron chi connectivity index (χ4n) is 1.88. The van der Waals surface area contributed by atoms with Crippen molar-refractivity contribution in [2.75, 3.05) is 5.75 Å². The minimum Gasteiger partial charge on any atom is -1.00 e. The highest BCUT2D eigenvalue weighted by Crippen LogP contribution is 2.23. The molecule has 1 heterocycles. The van der Waals surface area contributed by atoms with Gasteiger partial charge in [0.05, 0.1) is 11.8 Å². The van der Waals surface area contributed by atoms with Crippen molar-refractivity contribution < 1.29 is 21.6 Å². The fraction of sp³-hybridized carbons (Fsp3) is 0.400. The van der Waals surface area contributed by atoms with Gasteiger partial charge in [-0.3, -0.25) is 4.79 Å². The highest BCUT2D eigenvalue weighted by Gasteiger charge is 2.17. The Kier molecular flexibility index (Phi) is 8.05. The van der Waals surface area contributed by atoms with Gasteiger partial charge in [0, 0.05) is 10.6 Å². The van der Waals surface area contributed by atoms with Crippen molar-refractivity contribution in [1.82, 2.24) is 10.2 Å². The van der Waals surface area contributed by atoms with Crippen molar-refractivity contribution in [3.63, 3.8) is 0 Å². The predicted molar refractivity (Wildman–Crippen MR) is 87.2 cm³/mol. The normalized spacial score (nSPS) is 12.0. The SMILES string of the molecule is CC(C)C[C@H](N)c1nnc(SCC(=O)c2ccc(Cl)cc2)o1.[Cl-]. The maximum absolute atomic E-state index is 12.0. The number of benzene rings is 1. The highest BCUT2D eigenvalue weighted by atomic mass is 35.5. The minimum absolute atomic E-state index is 0. The van der Waals surface area contributed by atoms with Crippen LogP contribution in [-0.2, 0) is 0 Å². The van der Waals surface area contributed by atoms with E-state index in [1.807, 2.05) is 0 Å². The molecule has 0 unspecified atom stereocenters. The topological polar surface area (TPSA) is 82.0 Å². The number of carbonyl (C=O) groups excluding carboxylic acids is 1. The number of nitrogens with two attached hydrogens (primary N) is 1. The van der Waals surface area contributed by atoms with Gasteiger partial charge in [0.25, 0.3) is 5.22 Å². The number of hydrogen-bond acceptors (Lipinski definition) is 6. The molecule has 0 amide bonds. The van der Waals surface area contributed by atoms with E-state index in [-0.39, 0.29) is 30.0 Å². The molecule has 1 atom stereocenters. The molecule has 2 N–H and O–H groups in total. The molecule has 1 aromatic carbocycles. The Balaban J connectivity index is 0.00000264. The van der Waals surface area contributed by atoms with Gasteiger partial charge >= 0.3 is 0 Å². The Morgan fingerprint density at radius 2 is 1.96 bits per heavy atom. The van der Waals surface area contributed by atoms with Crippen molar-refractivity contribution in [2.45, 2.75) is 31.5 Å². The van der Waals surface area contributed by atoms with Crippen LogP contribution in [0.2, 0.25) is 5.02 Å². The lowest BCUT2D eigenvalue weighted by Crippen LogP contribution is -3.00. The van der Waals surface area contributed by atoms with Gasteiger partial charge < -0.3 is 22.6 Å². The largest absolute Gasteiger partial charge is 1.00 e. The van der Waals surface area contributed by atoms with Crippen molar-refractivity contribution in [3.05, 3.63) is 40.7 Å². The second-order valence-electron chi connectivity index (χ2n) is 5.36. The van der Waals surface area contributed by atoms with Gasteiger partial charge in [-0.15, -0.1) is 10.2 Å². The molecule has 0 saturated heterocycles. The Morgan fingerprint density at radius 1 is 1.30 bits per heavy atom. The Bertz CT molecular complexity index is 632. The molecule has 126 valence electrons. The number of carbonyl (C=O) groups is 1.